The van der Waals surface area contributed by atoms with Gasteiger partial charge in [-0.2, -0.15) is 0 Å². The first kappa shape index (κ1) is 22.3. The molecule has 1 spiro atoms. The van der Waals surface area contributed by atoms with E-state index in [1.807, 2.05) is 35.4 Å². The summed E-state index contributed by atoms with van der Waals surface area (Å²) in [4.78, 5) is 29.1. The lowest BCUT2D eigenvalue weighted by atomic mass is 9.61. The van der Waals surface area contributed by atoms with Crippen molar-refractivity contribution in [1.82, 2.24) is 19.8 Å². The number of piperazine rings is 1. The minimum Gasteiger partial charge on any atom is -0.446 e. The lowest BCUT2D eigenvalue weighted by molar-refractivity contribution is -0.137. The lowest BCUT2D eigenvalue weighted by Gasteiger charge is -2.58. The van der Waals surface area contributed by atoms with Crippen molar-refractivity contribution >= 4 is 22.9 Å². The van der Waals surface area contributed by atoms with Gasteiger partial charge in [0, 0.05) is 38.1 Å². The molecule has 0 bridgehead atoms. The van der Waals surface area contributed by atoms with Gasteiger partial charge in [0.2, 0.25) is 0 Å². The number of likely N-dealkylation sites (tertiary alicyclic amines) is 1. The summed E-state index contributed by atoms with van der Waals surface area (Å²) in [6, 6.07) is 18.6. The first-order chi connectivity index (χ1) is 17.0. The topological polar surface area (TPSA) is 61.8 Å². The van der Waals surface area contributed by atoms with Gasteiger partial charge in [-0.3, -0.25) is 14.8 Å². The zero-order valence-electron chi connectivity index (χ0n) is 20.5. The van der Waals surface area contributed by atoms with E-state index in [1.54, 1.807) is 0 Å². The van der Waals surface area contributed by atoms with Crippen LogP contribution < -0.4 is 4.90 Å². The molecule has 1 aromatic heterocycles. The minimum atomic E-state index is -0.172. The predicted molar refractivity (Wildman–Crippen MR) is 136 cm³/mol. The quantitative estimate of drug-likeness (QED) is 0.565. The van der Waals surface area contributed by atoms with E-state index in [0.717, 1.165) is 62.4 Å². The molecule has 3 heterocycles. The molecule has 1 saturated carbocycles. The number of para-hydroxylation sites is 2. The van der Waals surface area contributed by atoms with Crippen LogP contribution in [0.25, 0.3) is 11.0 Å². The molecule has 7 heteroatoms. The molecule has 3 aromatic rings. The van der Waals surface area contributed by atoms with Crippen molar-refractivity contribution in [2.75, 3.05) is 31.1 Å². The van der Waals surface area contributed by atoms with Crippen molar-refractivity contribution in [3.63, 3.8) is 0 Å². The fourth-order valence-corrected chi connectivity index (χ4v) is 6.28. The molecule has 182 valence electrons. The second kappa shape index (κ2) is 8.79. The Morgan fingerprint density at radius 3 is 2.34 bits per heavy atom. The summed E-state index contributed by atoms with van der Waals surface area (Å²) in [7, 11) is 0. The molecule has 0 N–H and O–H groups in total. The van der Waals surface area contributed by atoms with Crippen LogP contribution >= 0.6 is 0 Å². The SMILES string of the molecule is C[C@@H]1CN(c2cnc3ccccc3n2)C[C@H](C)N1C(=O)OC1CC2(C1)CN(Cc1ccccc1)C2. The molecule has 1 amide bonds. The Balaban J connectivity index is 1.01. The second-order valence-electron chi connectivity index (χ2n) is 10.8. The third kappa shape index (κ3) is 4.33. The van der Waals surface area contributed by atoms with Gasteiger partial charge in [0.15, 0.2) is 0 Å². The van der Waals surface area contributed by atoms with Gasteiger partial charge >= 0.3 is 6.09 Å². The number of nitrogens with zero attached hydrogens (tertiary/aromatic N) is 5. The van der Waals surface area contributed by atoms with Crippen molar-refractivity contribution in [2.24, 2.45) is 5.41 Å². The molecule has 35 heavy (non-hydrogen) atoms. The number of aromatic nitrogens is 2. The third-order valence-electron chi connectivity index (χ3n) is 7.85. The molecule has 2 aliphatic heterocycles. The van der Waals surface area contributed by atoms with Crippen LogP contribution in [0.3, 0.4) is 0 Å². The van der Waals surface area contributed by atoms with Gasteiger partial charge in [0.05, 0.1) is 29.3 Å². The van der Waals surface area contributed by atoms with E-state index in [4.69, 9.17) is 9.72 Å². The van der Waals surface area contributed by atoms with Crippen LogP contribution in [0.2, 0.25) is 0 Å². The summed E-state index contributed by atoms with van der Waals surface area (Å²) in [5.41, 5.74) is 3.50. The first-order valence-corrected chi connectivity index (χ1v) is 12.7. The number of rotatable bonds is 4. The monoisotopic (exact) mass is 471 g/mol. The number of anilines is 1. The highest BCUT2D eigenvalue weighted by Gasteiger charge is 2.54. The average molecular weight is 472 g/mol. The molecule has 7 nitrogen and oxygen atoms in total. The normalized spacial score (nSPS) is 24.3. The summed E-state index contributed by atoms with van der Waals surface area (Å²) in [6.07, 6.45) is 3.68. The Kier molecular flexibility index (Phi) is 5.60. The van der Waals surface area contributed by atoms with Gasteiger partial charge in [-0.1, -0.05) is 42.5 Å². The number of hydrogen-bond donors (Lipinski definition) is 0. The molecule has 0 unspecified atom stereocenters. The fraction of sp³-hybridized carbons (Fsp3) is 0.464. The number of ether oxygens (including phenoxy) is 1. The van der Waals surface area contributed by atoms with Crippen LogP contribution in [-0.4, -0.2) is 70.2 Å². The Morgan fingerprint density at radius 2 is 1.63 bits per heavy atom. The maximum absolute atomic E-state index is 13.1. The summed E-state index contributed by atoms with van der Waals surface area (Å²) in [6.45, 7) is 8.84. The molecule has 0 radical (unpaired) electrons. The fourth-order valence-electron chi connectivity index (χ4n) is 6.28. The smallest absolute Gasteiger partial charge is 0.410 e. The summed E-state index contributed by atoms with van der Waals surface area (Å²) >= 11 is 0. The molecular weight excluding hydrogens is 438 g/mol. The van der Waals surface area contributed by atoms with Gasteiger partial charge in [-0.25, -0.2) is 9.78 Å². The molecule has 6 rings (SSSR count). The number of hydrogen-bond acceptors (Lipinski definition) is 6. The number of benzene rings is 2. The highest BCUT2D eigenvalue weighted by Crippen LogP contribution is 2.50. The maximum atomic E-state index is 13.1. The Hall–Kier alpha value is -3.19. The highest BCUT2D eigenvalue weighted by molar-refractivity contribution is 5.75. The third-order valence-corrected chi connectivity index (χ3v) is 7.85. The number of fused-ring (bicyclic) bond motifs is 1. The van der Waals surface area contributed by atoms with E-state index in [0.29, 0.717) is 5.41 Å². The van der Waals surface area contributed by atoms with Crippen LogP contribution in [0.1, 0.15) is 32.3 Å². The minimum absolute atomic E-state index is 0.0404. The largest absolute Gasteiger partial charge is 0.446 e. The molecule has 3 fully saturated rings. The van der Waals surface area contributed by atoms with Crippen LogP contribution in [0.4, 0.5) is 10.6 Å². The van der Waals surface area contributed by atoms with Crippen molar-refractivity contribution in [3.8, 4) is 0 Å². The van der Waals surface area contributed by atoms with Crippen molar-refractivity contribution < 1.29 is 9.53 Å². The average Bonchev–Trinajstić information content (AvgIpc) is 2.81. The Morgan fingerprint density at radius 1 is 0.971 bits per heavy atom. The molecular formula is C28H33N5O2. The zero-order chi connectivity index (χ0) is 24.0. The summed E-state index contributed by atoms with van der Waals surface area (Å²) in [5, 5.41) is 0. The molecule has 2 saturated heterocycles. The van der Waals surface area contributed by atoms with Crippen molar-refractivity contribution in [3.05, 3.63) is 66.4 Å². The number of carbonyl (C=O) groups is 1. The maximum Gasteiger partial charge on any atom is 0.410 e. The van der Waals surface area contributed by atoms with Gasteiger partial charge in [0.1, 0.15) is 11.9 Å². The predicted octanol–water partition coefficient (Wildman–Crippen LogP) is 4.33. The van der Waals surface area contributed by atoms with Gasteiger partial charge in [-0.05, 0) is 44.4 Å². The van der Waals surface area contributed by atoms with Crippen molar-refractivity contribution in [2.45, 2.75) is 51.4 Å². The molecule has 2 aromatic carbocycles. The Bertz CT molecular complexity index is 1190. The molecule has 3 aliphatic rings. The van der Waals surface area contributed by atoms with Gasteiger partial charge in [0.25, 0.3) is 0 Å². The van der Waals surface area contributed by atoms with E-state index >= 15 is 0 Å². The van der Waals surface area contributed by atoms with Crippen LogP contribution in [-0.2, 0) is 11.3 Å². The van der Waals surface area contributed by atoms with E-state index < -0.39 is 0 Å². The Labute approximate surface area is 206 Å². The van der Waals surface area contributed by atoms with E-state index in [9.17, 15) is 4.79 Å². The summed E-state index contributed by atoms with van der Waals surface area (Å²) < 4.78 is 5.97. The number of carbonyl (C=O) groups excluding carboxylic acids is 1. The second-order valence-corrected chi connectivity index (χ2v) is 10.8. The molecule has 1 aliphatic carbocycles. The molecule has 2 atom stereocenters. The van der Waals surface area contributed by atoms with Crippen LogP contribution in [0.15, 0.2) is 60.8 Å². The van der Waals surface area contributed by atoms with Crippen molar-refractivity contribution in [1.29, 1.82) is 0 Å². The van der Waals surface area contributed by atoms with Crippen LogP contribution in [0, 0.1) is 5.41 Å². The van der Waals surface area contributed by atoms with Gasteiger partial charge in [-0.15, -0.1) is 0 Å². The number of amides is 1. The highest BCUT2D eigenvalue weighted by atomic mass is 16.6. The van der Waals surface area contributed by atoms with Crippen LogP contribution in [0.5, 0.6) is 0 Å². The van der Waals surface area contributed by atoms with Gasteiger partial charge < -0.3 is 9.64 Å². The van der Waals surface area contributed by atoms with E-state index in [1.165, 1.54) is 5.56 Å². The summed E-state index contributed by atoms with van der Waals surface area (Å²) in [5.74, 6) is 0.862. The standard InChI is InChI=1S/C28H33N5O2/c1-20-15-32(26-14-29-24-10-6-7-11-25(24)30-26)16-21(2)33(20)27(34)35-23-12-28(13-23)18-31(19-28)17-22-8-4-3-5-9-22/h3-11,14,20-21,23H,12-13,15-19H2,1-2H3/t20-,21+. The van der Waals surface area contributed by atoms with E-state index in [-0.39, 0.29) is 24.3 Å². The zero-order valence-corrected chi connectivity index (χ0v) is 20.5. The first-order valence-electron chi connectivity index (χ1n) is 12.7. The lowest BCUT2D eigenvalue weighted by Crippen LogP contribution is -2.65. The van der Waals surface area contributed by atoms with E-state index in [2.05, 4.69) is 59.0 Å².